The van der Waals surface area contributed by atoms with Gasteiger partial charge in [0.25, 0.3) is 0 Å². The minimum Gasteiger partial charge on any atom is -0.361 e. The SMILES string of the molecule is CC(C)(C(=O)NCc1ccc(F)cc1)c1c[nH]c2cc(Cl)ccc12. The summed E-state index contributed by atoms with van der Waals surface area (Å²) in [6.45, 7) is 4.12. The number of halogens is 2. The van der Waals surface area contributed by atoms with Crippen LogP contribution in [0.3, 0.4) is 0 Å². The third-order valence-corrected chi connectivity index (χ3v) is 4.49. The average Bonchev–Trinajstić information content (AvgIpc) is 2.97. The molecular formula is C19H18ClFN2O. The standard InChI is InChI=1S/C19H18ClFN2O/c1-19(2,16-11-22-17-9-13(20)5-8-15(16)17)18(24)23-10-12-3-6-14(21)7-4-12/h3-9,11,22H,10H2,1-2H3,(H,23,24). The first-order valence-electron chi connectivity index (χ1n) is 7.68. The summed E-state index contributed by atoms with van der Waals surface area (Å²) >= 11 is 6.01. The third kappa shape index (κ3) is 3.15. The second kappa shape index (κ2) is 6.29. The first kappa shape index (κ1) is 16.5. The van der Waals surface area contributed by atoms with Crippen LogP contribution in [0.1, 0.15) is 25.0 Å². The highest BCUT2D eigenvalue weighted by Gasteiger charge is 2.32. The lowest BCUT2D eigenvalue weighted by Crippen LogP contribution is -2.39. The Morgan fingerprint density at radius 2 is 1.92 bits per heavy atom. The summed E-state index contributed by atoms with van der Waals surface area (Å²) < 4.78 is 12.9. The summed E-state index contributed by atoms with van der Waals surface area (Å²) in [7, 11) is 0. The smallest absolute Gasteiger partial charge is 0.230 e. The molecule has 3 nitrogen and oxygen atoms in total. The van der Waals surface area contributed by atoms with E-state index in [2.05, 4.69) is 10.3 Å². The van der Waals surface area contributed by atoms with Crippen molar-refractivity contribution in [2.24, 2.45) is 0 Å². The molecule has 0 fully saturated rings. The summed E-state index contributed by atoms with van der Waals surface area (Å²) in [5, 5.41) is 4.54. The fraction of sp³-hybridized carbons (Fsp3) is 0.211. The number of rotatable bonds is 4. The molecule has 0 aliphatic heterocycles. The van der Waals surface area contributed by atoms with E-state index in [4.69, 9.17) is 11.6 Å². The third-order valence-electron chi connectivity index (χ3n) is 4.25. The van der Waals surface area contributed by atoms with E-state index >= 15 is 0 Å². The second-order valence-corrected chi connectivity index (χ2v) is 6.76. The monoisotopic (exact) mass is 344 g/mol. The molecule has 0 aliphatic carbocycles. The van der Waals surface area contributed by atoms with Gasteiger partial charge in [0.15, 0.2) is 0 Å². The van der Waals surface area contributed by atoms with Crippen LogP contribution in [-0.4, -0.2) is 10.9 Å². The Morgan fingerprint density at radius 3 is 2.62 bits per heavy atom. The molecule has 5 heteroatoms. The topological polar surface area (TPSA) is 44.9 Å². The van der Waals surface area contributed by atoms with E-state index in [0.29, 0.717) is 11.6 Å². The van der Waals surface area contributed by atoms with Gasteiger partial charge >= 0.3 is 0 Å². The number of nitrogens with one attached hydrogen (secondary N) is 2. The van der Waals surface area contributed by atoms with E-state index in [1.165, 1.54) is 12.1 Å². The minimum absolute atomic E-state index is 0.0947. The lowest BCUT2D eigenvalue weighted by molar-refractivity contribution is -0.125. The summed E-state index contributed by atoms with van der Waals surface area (Å²) in [5.74, 6) is -0.384. The summed E-state index contributed by atoms with van der Waals surface area (Å²) in [6, 6.07) is 11.7. The molecule has 1 aromatic heterocycles. The minimum atomic E-state index is -0.716. The van der Waals surface area contributed by atoms with Crippen molar-refractivity contribution in [2.75, 3.05) is 0 Å². The molecule has 0 aliphatic rings. The molecule has 3 rings (SSSR count). The lowest BCUT2D eigenvalue weighted by Gasteiger charge is -2.23. The van der Waals surface area contributed by atoms with Crippen molar-refractivity contribution < 1.29 is 9.18 Å². The highest BCUT2D eigenvalue weighted by Crippen LogP contribution is 2.32. The van der Waals surface area contributed by atoms with Crippen LogP contribution in [0.2, 0.25) is 5.02 Å². The zero-order valence-electron chi connectivity index (χ0n) is 13.5. The van der Waals surface area contributed by atoms with Gasteiger partial charge in [-0.2, -0.15) is 0 Å². The number of carbonyl (C=O) groups excluding carboxylic acids is 1. The highest BCUT2D eigenvalue weighted by atomic mass is 35.5. The van der Waals surface area contributed by atoms with Crippen molar-refractivity contribution in [3.8, 4) is 0 Å². The molecule has 3 aromatic rings. The van der Waals surface area contributed by atoms with Crippen LogP contribution in [0.25, 0.3) is 10.9 Å². The van der Waals surface area contributed by atoms with E-state index in [9.17, 15) is 9.18 Å². The number of aromatic amines is 1. The average molecular weight is 345 g/mol. The van der Waals surface area contributed by atoms with Gasteiger partial charge in [-0.3, -0.25) is 4.79 Å². The first-order chi connectivity index (χ1) is 11.4. The highest BCUT2D eigenvalue weighted by molar-refractivity contribution is 6.31. The molecular weight excluding hydrogens is 327 g/mol. The summed E-state index contributed by atoms with van der Waals surface area (Å²) in [6.07, 6.45) is 1.85. The van der Waals surface area contributed by atoms with Crippen LogP contribution in [0.4, 0.5) is 4.39 Å². The summed E-state index contributed by atoms with van der Waals surface area (Å²) in [4.78, 5) is 15.9. The summed E-state index contributed by atoms with van der Waals surface area (Å²) in [5.41, 5.74) is 1.94. The Hall–Kier alpha value is -2.33. The van der Waals surface area contributed by atoms with Crippen molar-refractivity contribution in [3.05, 3.63) is 70.6 Å². The Labute approximate surface area is 144 Å². The van der Waals surface area contributed by atoms with E-state index in [1.54, 1.807) is 12.1 Å². The van der Waals surface area contributed by atoms with Gasteiger partial charge in [0, 0.05) is 28.7 Å². The number of fused-ring (bicyclic) bond motifs is 1. The number of hydrogen-bond donors (Lipinski definition) is 2. The molecule has 0 unspecified atom stereocenters. The number of aromatic nitrogens is 1. The molecule has 1 amide bonds. The fourth-order valence-electron chi connectivity index (χ4n) is 2.74. The molecule has 2 aromatic carbocycles. The van der Waals surface area contributed by atoms with Crippen molar-refractivity contribution in [2.45, 2.75) is 25.8 Å². The van der Waals surface area contributed by atoms with Crippen LogP contribution in [0, 0.1) is 5.82 Å². The maximum absolute atomic E-state index is 12.9. The maximum atomic E-state index is 12.9. The van der Waals surface area contributed by atoms with E-state index in [-0.39, 0.29) is 11.7 Å². The van der Waals surface area contributed by atoms with Gasteiger partial charge in [0.1, 0.15) is 5.82 Å². The van der Waals surface area contributed by atoms with Crippen molar-refractivity contribution >= 4 is 28.4 Å². The largest absolute Gasteiger partial charge is 0.361 e. The van der Waals surface area contributed by atoms with E-state index in [0.717, 1.165) is 22.0 Å². The van der Waals surface area contributed by atoms with Gasteiger partial charge in [-0.25, -0.2) is 4.39 Å². The van der Waals surface area contributed by atoms with Crippen molar-refractivity contribution in [3.63, 3.8) is 0 Å². The van der Waals surface area contributed by atoms with Crippen LogP contribution in [0.15, 0.2) is 48.7 Å². The van der Waals surface area contributed by atoms with Gasteiger partial charge in [-0.05, 0) is 49.2 Å². The molecule has 0 saturated carbocycles. The van der Waals surface area contributed by atoms with Gasteiger partial charge in [-0.15, -0.1) is 0 Å². The molecule has 0 bridgehead atoms. The van der Waals surface area contributed by atoms with Gasteiger partial charge in [-0.1, -0.05) is 29.8 Å². The molecule has 2 N–H and O–H groups in total. The number of benzene rings is 2. The molecule has 0 atom stereocenters. The van der Waals surface area contributed by atoms with Gasteiger partial charge in [0.2, 0.25) is 5.91 Å². The van der Waals surface area contributed by atoms with Crippen LogP contribution in [0.5, 0.6) is 0 Å². The van der Waals surface area contributed by atoms with Crippen LogP contribution in [-0.2, 0) is 16.8 Å². The quantitative estimate of drug-likeness (QED) is 0.716. The number of amides is 1. The predicted molar refractivity (Wildman–Crippen MR) is 94.6 cm³/mol. The second-order valence-electron chi connectivity index (χ2n) is 6.33. The maximum Gasteiger partial charge on any atom is 0.230 e. The molecule has 1 heterocycles. The number of hydrogen-bond acceptors (Lipinski definition) is 1. The Balaban J connectivity index is 1.80. The van der Waals surface area contributed by atoms with Crippen molar-refractivity contribution in [1.82, 2.24) is 10.3 Å². The predicted octanol–water partition coefficient (Wildman–Crippen LogP) is 4.55. The number of H-pyrrole nitrogens is 1. The molecule has 0 spiro atoms. The molecule has 0 radical (unpaired) electrons. The molecule has 24 heavy (non-hydrogen) atoms. The Kier molecular flexibility index (Phi) is 4.33. The van der Waals surface area contributed by atoms with Crippen molar-refractivity contribution in [1.29, 1.82) is 0 Å². The van der Waals surface area contributed by atoms with Crippen LogP contribution >= 0.6 is 11.6 Å². The van der Waals surface area contributed by atoms with Gasteiger partial charge < -0.3 is 10.3 Å². The normalized spacial score (nSPS) is 11.7. The lowest BCUT2D eigenvalue weighted by atomic mass is 9.83. The zero-order chi connectivity index (χ0) is 17.3. The molecule has 124 valence electrons. The zero-order valence-corrected chi connectivity index (χ0v) is 14.2. The fourth-order valence-corrected chi connectivity index (χ4v) is 2.92. The number of carbonyl (C=O) groups is 1. The van der Waals surface area contributed by atoms with E-state index in [1.807, 2.05) is 38.2 Å². The Morgan fingerprint density at radius 1 is 1.21 bits per heavy atom. The van der Waals surface area contributed by atoms with Crippen LogP contribution < -0.4 is 5.32 Å². The van der Waals surface area contributed by atoms with E-state index < -0.39 is 5.41 Å². The molecule has 0 saturated heterocycles. The first-order valence-corrected chi connectivity index (χ1v) is 8.05. The van der Waals surface area contributed by atoms with Gasteiger partial charge in [0.05, 0.1) is 5.41 Å². The Bertz CT molecular complexity index is 884.